The van der Waals surface area contributed by atoms with E-state index in [4.69, 9.17) is 16.3 Å². The summed E-state index contributed by atoms with van der Waals surface area (Å²) in [5, 5.41) is 3.65. The van der Waals surface area contributed by atoms with E-state index in [-0.39, 0.29) is 18.6 Å². The van der Waals surface area contributed by atoms with Crippen LogP contribution >= 0.6 is 11.6 Å². The monoisotopic (exact) mass is 372 g/mol. The minimum atomic E-state index is -0.135. The molecule has 4 nitrogen and oxygen atoms in total. The smallest absolute Gasteiger partial charge is 0.258 e. The average Bonchev–Trinajstić information content (AvgIpc) is 3.09. The van der Waals surface area contributed by atoms with Crippen molar-refractivity contribution in [1.29, 1.82) is 0 Å². The highest BCUT2D eigenvalue weighted by molar-refractivity contribution is 6.31. The van der Waals surface area contributed by atoms with Crippen LogP contribution in [0.2, 0.25) is 5.02 Å². The molecule has 1 atom stereocenters. The molecule has 0 bridgehead atoms. The van der Waals surface area contributed by atoms with Crippen molar-refractivity contribution < 1.29 is 9.53 Å². The second-order valence-corrected chi connectivity index (χ2v) is 7.28. The Kier molecular flexibility index (Phi) is 6.17. The number of carbonyl (C=O) groups excluding carboxylic acids is 1. The summed E-state index contributed by atoms with van der Waals surface area (Å²) >= 11 is 6.30. The van der Waals surface area contributed by atoms with Crippen LogP contribution in [0.5, 0.6) is 5.75 Å². The van der Waals surface area contributed by atoms with Gasteiger partial charge < -0.3 is 15.0 Å². The van der Waals surface area contributed by atoms with Crippen molar-refractivity contribution in [2.45, 2.75) is 25.3 Å². The molecule has 0 heterocycles. The molecule has 1 aliphatic carbocycles. The maximum atomic E-state index is 12.2. The van der Waals surface area contributed by atoms with Crippen molar-refractivity contribution in [2.24, 2.45) is 0 Å². The van der Waals surface area contributed by atoms with E-state index in [1.54, 1.807) is 0 Å². The van der Waals surface area contributed by atoms with Crippen LogP contribution in [0, 0.1) is 0 Å². The number of aryl methyl sites for hydroxylation is 2. The molecular weight excluding hydrogens is 348 g/mol. The number of nitrogens with one attached hydrogen (secondary N) is 1. The van der Waals surface area contributed by atoms with Gasteiger partial charge >= 0.3 is 0 Å². The lowest BCUT2D eigenvalue weighted by Crippen LogP contribution is -2.37. The van der Waals surface area contributed by atoms with Gasteiger partial charge in [0.1, 0.15) is 5.75 Å². The van der Waals surface area contributed by atoms with E-state index >= 15 is 0 Å². The minimum Gasteiger partial charge on any atom is -0.484 e. The molecule has 26 heavy (non-hydrogen) atoms. The summed E-state index contributed by atoms with van der Waals surface area (Å²) in [6.45, 7) is 0.491. The van der Waals surface area contributed by atoms with Crippen LogP contribution in [-0.4, -0.2) is 38.1 Å². The Morgan fingerprint density at radius 3 is 2.73 bits per heavy atom. The molecule has 2 aromatic carbocycles. The number of hydrogen-bond acceptors (Lipinski definition) is 3. The Balaban J connectivity index is 1.53. The zero-order valence-corrected chi connectivity index (χ0v) is 16.1. The first-order valence-electron chi connectivity index (χ1n) is 8.97. The van der Waals surface area contributed by atoms with E-state index in [2.05, 4.69) is 17.4 Å². The summed E-state index contributed by atoms with van der Waals surface area (Å²) in [6.07, 6.45) is 3.44. The number of rotatable bonds is 7. The van der Waals surface area contributed by atoms with Crippen LogP contribution in [0.1, 0.15) is 29.2 Å². The molecule has 1 aliphatic rings. The lowest BCUT2D eigenvalue weighted by molar-refractivity contribution is -0.123. The topological polar surface area (TPSA) is 41.6 Å². The van der Waals surface area contributed by atoms with E-state index in [0.717, 1.165) is 24.2 Å². The number of hydrogen-bond donors (Lipinski definition) is 1. The van der Waals surface area contributed by atoms with Crippen molar-refractivity contribution >= 4 is 17.5 Å². The van der Waals surface area contributed by atoms with Gasteiger partial charge in [0.2, 0.25) is 0 Å². The van der Waals surface area contributed by atoms with Gasteiger partial charge in [-0.1, -0.05) is 35.9 Å². The largest absolute Gasteiger partial charge is 0.484 e. The predicted octanol–water partition coefficient (Wildman–Crippen LogP) is 3.63. The van der Waals surface area contributed by atoms with Crippen molar-refractivity contribution in [3.8, 4) is 5.75 Å². The zero-order valence-electron chi connectivity index (χ0n) is 15.3. The third-order valence-corrected chi connectivity index (χ3v) is 5.16. The molecule has 5 heteroatoms. The first-order valence-corrected chi connectivity index (χ1v) is 9.34. The summed E-state index contributed by atoms with van der Waals surface area (Å²) in [4.78, 5) is 14.3. The highest BCUT2D eigenvalue weighted by Crippen LogP contribution is 2.26. The summed E-state index contributed by atoms with van der Waals surface area (Å²) in [5.74, 6) is 0.625. The average molecular weight is 373 g/mol. The van der Waals surface area contributed by atoms with E-state index in [0.29, 0.717) is 11.6 Å². The Morgan fingerprint density at radius 1 is 1.19 bits per heavy atom. The first kappa shape index (κ1) is 18.7. The molecular formula is C21H25ClN2O2. The van der Waals surface area contributed by atoms with Gasteiger partial charge in [0.15, 0.2) is 6.61 Å². The number of ether oxygens (including phenoxy) is 1. The lowest BCUT2D eigenvalue weighted by Gasteiger charge is -2.26. The minimum absolute atomic E-state index is 0.00708. The van der Waals surface area contributed by atoms with Crippen molar-refractivity contribution in [3.63, 3.8) is 0 Å². The summed E-state index contributed by atoms with van der Waals surface area (Å²) in [6, 6.07) is 13.8. The molecule has 2 aromatic rings. The third-order valence-electron chi connectivity index (χ3n) is 4.82. The molecule has 1 N–H and O–H groups in total. The molecule has 0 saturated carbocycles. The summed E-state index contributed by atoms with van der Waals surface area (Å²) in [7, 11) is 3.95. The SMILES string of the molecule is CN(C)[C@H](CNC(=O)COc1ccc2c(c1)CCC2)c1ccccc1Cl. The van der Waals surface area contributed by atoms with Crippen LogP contribution < -0.4 is 10.1 Å². The van der Waals surface area contributed by atoms with Crippen LogP contribution in [0.4, 0.5) is 0 Å². The van der Waals surface area contributed by atoms with Crippen LogP contribution in [0.15, 0.2) is 42.5 Å². The molecule has 138 valence electrons. The molecule has 0 spiro atoms. The van der Waals surface area contributed by atoms with Gasteiger partial charge in [-0.2, -0.15) is 0 Å². The van der Waals surface area contributed by atoms with Gasteiger partial charge in [0, 0.05) is 11.6 Å². The van der Waals surface area contributed by atoms with Gasteiger partial charge in [-0.15, -0.1) is 0 Å². The van der Waals surface area contributed by atoms with E-state index in [1.165, 1.54) is 17.5 Å². The fraction of sp³-hybridized carbons (Fsp3) is 0.381. The molecule has 0 unspecified atom stereocenters. The summed E-state index contributed by atoms with van der Waals surface area (Å²) in [5.41, 5.74) is 3.74. The van der Waals surface area contributed by atoms with Gasteiger partial charge in [-0.3, -0.25) is 4.79 Å². The van der Waals surface area contributed by atoms with Gasteiger partial charge in [0.05, 0.1) is 6.04 Å². The van der Waals surface area contributed by atoms with Crippen molar-refractivity contribution in [2.75, 3.05) is 27.2 Å². The highest BCUT2D eigenvalue weighted by Gasteiger charge is 2.18. The third kappa shape index (κ3) is 4.57. The van der Waals surface area contributed by atoms with E-state index < -0.39 is 0 Å². The molecule has 0 aliphatic heterocycles. The molecule has 3 rings (SSSR count). The number of amides is 1. The quantitative estimate of drug-likeness (QED) is 0.807. The van der Waals surface area contributed by atoms with E-state index in [1.807, 2.05) is 49.3 Å². The van der Waals surface area contributed by atoms with Gasteiger partial charge in [-0.25, -0.2) is 0 Å². The number of likely N-dealkylation sites (N-methyl/N-ethyl adjacent to an activating group) is 1. The molecule has 0 saturated heterocycles. The van der Waals surface area contributed by atoms with Crippen LogP contribution in [0.3, 0.4) is 0 Å². The zero-order chi connectivity index (χ0) is 18.5. The van der Waals surface area contributed by atoms with Crippen LogP contribution in [0.25, 0.3) is 0 Å². The number of nitrogens with zero attached hydrogens (tertiary/aromatic N) is 1. The number of fused-ring (bicyclic) bond motifs is 1. The predicted molar refractivity (Wildman–Crippen MR) is 105 cm³/mol. The second kappa shape index (κ2) is 8.56. The maximum absolute atomic E-state index is 12.2. The van der Waals surface area contributed by atoms with Crippen LogP contribution in [-0.2, 0) is 17.6 Å². The number of halogens is 1. The molecule has 0 fully saturated rings. The molecule has 0 aromatic heterocycles. The normalized spacial score (nSPS) is 14.2. The van der Waals surface area contributed by atoms with Gasteiger partial charge in [0.25, 0.3) is 5.91 Å². The number of carbonyl (C=O) groups is 1. The van der Waals surface area contributed by atoms with Gasteiger partial charge in [-0.05, 0) is 68.2 Å². The second-order valence-electron chi connectivity index (χ2n) is 6.88. The van der Waals surface area contributed by atoms with Crippen molar-refractivity contribution in [1.82, 2.24) is 10.2 Å². The Hall–Kier alpha value is -2.04. The first-order chi connectivity index (χ1) is 12.5. The fourth-order valence-electron chi connectivity index (χ4n) is 3.36. The van der Waals surface area contributed by atoms with Crippen molar-refractivity contribution in [3.05, 3.63) is 64.2 Å². The molecule has 0 radical (unpaired) electrons. The Bertz CT molecular complexity index is 776. The van der Waals surface area contributed by atoms with E-state index in [9.17, 15) is 4.79 Å². The standard InChI is InChI=1S/C21H25ClN2O2/c1-24(2)20(18-8-3-4-9-19(18)22)13-23-21(25)14-26-17-11-10-15-6-5-7-16(15)12-17/h3-4,8-12,20H,5-7,13-14H2,1-2H3,(H,23,25)/t20-/m1/s1. The highest BCUT2D eigenvalue weighted by atomic mass is 35.5. The number of benzene rings is 2. The summed E-state index contributed by atoms with van der Waals surface area (Å²) < 4.78 is 5.66. The maximum Gasteiger partial charge on any atom is 0.258 e. The fourth-order valence-corrected chi connectivity index (χ4v) is 3.63. The Morgan fingerprint density at radius 2 is 1.96 bits per heavy atom. The Labute approximate surface area is 160 Å². The molecule has 1 amide bonds. The lowest BCUT2D eigenvalue weighted by atomic mass is 10.1.